The predicted octanol–water partition coefficient (Wildman–Crippen LogP) is 3.13. The summed E-state index contributed by atoms with van der Waals surface area (Å²) >= 11 is 1.45. The maximum Gasteiger partial charge on any atom is 0.271 e. The number of aromatic nitrogens is 1. The van der Waals surface area contributed by atoms with Gasteiger partial charge in [0.25, 0.3) is 11.8 Å². The third kappa shape index (κ3) is 4.14. The van der Waals surface area contributed by atoms with E-state index in [2.05, 4.69) is 10.3 Å². The summed E-state index contributed by atoms with van der Waals surface area (Å²) in [5.41, 5.74) is 1.48. The van der Waals surface area contributed by atoms with Crippen molar-refractivity contribution >= 4 is 33.4 Å². The number of amides is 2. The first-order valence-electron chi connectivity index (χ1n) is 8.98. The number of fused-ring (bicyclic) bond motifs is 1. The third-order valence-electron chi connectivity index (χ3n) is 4.49. The summed E-state index contributed by atoms with van der Waals surface area (Å²) in [6.07, 6.45) is 0. The molecule has 1 aromatic heterocycles. The van der Waals surface area contributed by atoms with E-state index in [0.717, 1.165) is 10.2 Å². The van der Waals surface area contributed by atoms with Crippen molar-refractivity contribution in [2.75, 3.05) is 7.11 Å². The Morgan fingerprint density at radius 2 is 1.79 bits per heavy atom. The molecule has 0 bridgehead atoms. The standard InChI is InChI=1S/C21H23N3O3S/c1-13(2)18(22-19(25)14-9-11-15(27-4)12-10-14)20(26)23-21-24(3)16-7-5-6-8-17(16)28-21/h5-13,18H,1-4H3,(H,22,25)/t18-/m0/s1. The Balaban J connectivity index is 1.85. The number of hydrogen-bond donors (Lipinski definition) is 1. The van der Waals surface area contributed by atoms with Crippen LogP contribution < -0.4 is 14.9 Å². The molecule has 3 rings (SSSR count). The molecule has 0 radical (unpaired) electrons. The molecule has 28 heavy (non-hydrogen) atoms. The number of para-hydroxylation sites is 1. The van der Waals surface area contributed by atoms with Crippen LogP contribution in [0.15, 0.2) is 53.5 Å². The van der Waals surface area contributed by atoms with Crippen LogP contribution in [0.25, 0.3) is 10.2 Å². The summed E-state index contributed by atoms with van der Waals surface area (Å²) in [6, 6.07) is 13.9. The first-order chi connectivity index (χ1) is 13.4. The van der Waals surface area contributed by atoms with Crippen molar-refractivity contribution in [3.63, 3.8) is 0 Å². The summed E-state index contributed by atoms with van der Waals surface area (Å²) in [5, 5.41) is 2.82. The number of aryl methyl sites for hydroxylation is 1. The van der Waals surface area contributed by atoms with E-state index in [9.17, 15) is 9.59 Å². The lowest BCUT2D eigenvalue weighted by molar-refractivity contribution is -0.120. The number of methoxy groups -OCH3 is 1. The van der Waals surface area contributed by atoms with Gasteiger partial charge in [-0.3, -0.25) is 9.59 Å². The molecule has 0 spiro atoms. The third-order valence-corrected chi connectivity index (χ3v) is 5.61. The molecular formula is C21H23N3O3S. The molecule has 0 aliphatic heterocycles. The SMILES string of the molecule is COc1ccc(C(=O)N[C@H](C(=O)N=c2sc3ccccc3n2C)C(C)C)cc1. The Kier molecular flexibility index (Phi) is 5.94. The minimum absolute atomic E-state index is 0.0990. The fraction of sp³-hybridized carbons (Fsp3) is 0.286. The molecule has 2 aromatic carbocycles. The van der Waals surface area contributed by atoms with Crippen molar-refractivity contribution in [1.82, 2.24) is 9.88 Å². The van der Waals surface area contributed by atoms with Crippen molar-refractivity contribution in [3.05, 3.63) is 58.9 Å². The maximum atomic E-state index is 12.8. The lowest BCUT2D eigenvalue weighted by Crippen LogP contribution is -2.44. The van der Waals surface area contributed by atoms with Gasteiger partial charge in [-0.15, -0.1) is 0 Å². The number of ether oxygens (including phenoxy) is 1. The highest BCUT2D eigenvalue weighted by atomic mass is 32.1. The number of carbonyl (C=O) groups excluding carboxylic acids is 2. The van der Waals surface area contributed by atoms with E-state index in [1.54, 1.807) is 31.4 Å². The first kappa shape index (κ1) is 19.8. The molecule has 0 aliphatic carbocycles. The van der Waals surface area contributed by atoms with Gasteiger partial charge in [0.05, 0.1) is 17.3 Å². The largest absolute Gasteiger partial charge is 0.497 e. The van der Waals surface area contributed by atoms with Crippen LogP contribution in [0.3, 0.4) is 0 Å². The van der Waals surface area contributed by atoms with Gasteiger partial charge in [-0.25, -0.2) is 0 Å². The molecule has 0 saturated heterocycles. The molecule has 2 amide bonds. The fourth-order valence-corrected chi connectivity index (χ4v) is 3.86. The second-order valence-electron chi connectivity index (χ2n) is 6.79. The molecule has 1 N–H and O–H groups in total. The van der Waals surface area contributed by atoms with E-state index >= 15 is 0 Å². The number of nitrogens with one attached hydrogen (secondary N) is 1. The number of rotatable bonds is 5. The van der Waals surface area contributed by atoms with Crippen molar-refractivity contribution in [2.24, 2.45) is 18.0 Å². The minimum Gasteiger partial charge on any atom is -0.497 e. The molecule has 0 unspecified atom stereocenters. The van der Waals surface area contributed by atoms with Gasteiger partial charge in [-0.1, -0.05) is 37.3 Å². The van der Waals surface area contributed by atoms with Crippen LogP contribution in [0, 0.1) is 5.92 Å². The predicted molar refractivity (Wildman–Crippen MR) is 110 cm³/mol. The number of benzene rings is 2. The summed E-state index contributed by atoms with van der Waals surface area (Å²) < 4.78 is 8.05. The second-order valence-corrected chi connectivity index (χ2v) is 7.79. The van der Waals surface area contributed by atoms with Gasteiger partial charge in [-0.2, -0.15) is 4.99 Å². The average Bonchev–Trinajstić information content (AvgIpc) is 3.01. The molecule has 146 valence electrons. The summed E-state index contributed by atoms with van der Waals surface area (Å²) in [6.45, 7) is 3.77. The molecule has 7 heteroatoms. The summed E-state index contributed by atoms with van der Waals surface area (Å²) in [4.78, 5) is 30.3. The van der Waals surface area contributed by atoms with Crippen LogP contribution in [0.1, 0.15) is 24.2 Å². The molecule has 0 saturated carbocycles. The monoisotopic (exact) mass is 397 g/mol. The van der Waals surface area contributed by atoms with Gasteiger partial charge < -0.3 is 14.6 Å². The molecule has 6 nitrogen and oxygen atoms in total. The van der Waals surface area contributed by atoms with Crippen LogP contribution in [-0.2, 0) is 11.8 Å². The quantitative estimate of drug-likeness (QED) is 0.719. The van der Waals surface area contributed by atoms with Crippen molar-refractivity contribution in [3.8, 4) is 5.75 Å². The summed E-state index contributed by atoms with van der Waals surface area (Å²) in [5.74, 6) is -0.108. The lowest BCUT2D eigenvalue weighted by atomic mass is 10.0. The number of carbonyl (C=O) groups is 2. The van der Waals surface area contributed by atoms with Crippen LogP contribution in [0.4, 0.5) is 0 Å². The first-order valence-corrected chi connectivity index (χ1v) is 9.80. The topological polar surface area (TPSA) is 72.7 Å². The van der Waals surface area contributed by atoms with E-state index < -0.39 is 6.04 Å². The zero-order chi connectivity index (χ0) is 20.3. The van der Waals surface area contributed by atoms with Crippen molar-refractivity contribution < 1.29 is 14.3 Å². The van der Waals surface area contributed by atoms with Crippen molar-refractivity contribution in [2.45, 2.75) is 19.9 Å². The molecule has 1 atom stereocenters. The van der Waals surface area contributed by atoms with Crippen LogP contribution in [0.2, 0.25) is 0 Å². The molecule has 3 aromatic rings. The highest BCUT2D eigenvalue weighted by Gasteiger charge is 2.24. The zero-order valence-corrected chi connectivity index (χ0v) is 17.1. The van der Waals surface area contributed by atoms with Crippen LogP contribution in [-0.4, -0.2) is 29.5 Å². The smallest absolute Gasteiger partial charge is 0.271 e. The van der Waals surface area contributed by atoms with Gasteiger partial charge in [0, 0.05) is 12.6 Å². The number of hydrogen-bond acceptors (Lipinski definition) is 4. The lowest BCUT2D eigenvalue weighted by Gasteiger charge is -2.19. The summed E-state index contributed by atoms with van der Waals surface area (Å²) in [7, 11) is 3.45. The Bertz CT molecular complexity index is 1060. The highest BCUT2D eigenvalue weighted by Crippen LogP contribution is 2.16. The fourth-order valence-electron chi connectivity index (χ4n) is 2.83. The zero-order valence-electron chi connectivity index (χ0n) is 16.3. The number of nitrogens with zero attached hydrogens (tertiary/aromatic N) is 2. The molecule has 1 heterocycles. The van der Waals surface area contributed by atoms with Gasteiger partial charge in [0.2, 0.25) is 0 Å². The van der Waals surface area contributed by atoms with Crippen LogP contribution in [0.5, 0.6) is 5.75 Å². The van der Waals surface area contributed by atoms with E-state index in [0.29, 0.717) is 16.1 Å². The molecule has 0 aliphatic rings. The van der Waals surface area contributed by atoms with Gasteiger partial charge in [-0.05, 0) is 42.3 Å². The Morgan fingerprint density at radius 1 is 1.11 bits per heavy atom. The van der Waals surface area contributed by atoms with Crippen LogP contribution >= 0.6 is 11.3 Å². The van der Waals surface area contributed by atoms with E-state index in [4.69, 9.17) is 4.74 Å². The van der Waals surface area contributed by atoms with Gasteiger partial charge in [0.15, 0.2) is 4.80 Å². The minimum atomic E-state index is -0.709. The molecular weight excluding hydrogens is 374 g/mol. The van der Waals surface area contributed by atoms with E-state index in [1.807, 2.05) is 49.7 Å². The second kappa shape index (κ2) is 8.39. The van der Waals surface area contributed by atoms with Gasteiger partial charge >= 0.3 is 0 Å². The average molecular weight is 398 g/mol. The Hall–Kier alpha value is -2.93. The normalized spacial score (nSPS) is 13.0. The number of thiazole rings is 1. The maximum absolute atomic E-state index is 12.8. The van der Waals surface area contributed by atoms with Gasteiger partial charge in [0.1, 0.15) is 11.8 Å². The highest BCUT2D eigenvalue weighted by molar-refractivity contribution is 7.16. The Labute approximate surface area is 167 Å². The molecule has 0 fully saturated rings. The van der Waals surface area contributed by atoms with Crippen molar-refractivity contribution in [1.29, 1.82) is 0 Å². The van der Waals surface area contributed by atoms with E-state index in [1.165, 1.54) is 11.3 Å². The van der Waals surface area contributed by atoms with E-state index in [-0.39, 0.29) is 17.7 Å². The Morgan fingerprint density at radius 3 is 2.39 bits per heavy atom.